The molecule has 0 atom stereocenters. The highest BCUT2D eigenvalue weighted by molar-refractivity contribution is 5.54. The summed E-state index contributed by atoms with van der Waals surface area (Å²) in [5, 5.41) is 0. The van der Waals surface area contributed by atoms with Crippen LogP contribution in [0.5, 0.6) is 0 Å². The smallest absolute Gasteiger partial charge is 0.0413 e. The minimum atomic E-state index is 0.172. The molecular formula is C13H22N2. The van der Waals surface area contributed by atoms with Crippen molar-refractivity contribution in [2.24, 2.45) is 5.73 Å². The van der Waals surface area contributed by atoms with Crippen LogP contribution in [0.4, 0.5) is 5.69 Å². The van der Waals surface area contributed by atoms with Gasteiger partial charge in [-0.2, -0.15) is 0 Å². The van der Waals surface area contributed by atoms with Crippen LogP contribution in [-0.2, 0) is 6.54 Å². The first-order valence-corrected chi connectivity index (χ1v) is 5.54. The molecule has 0 radical (unpaired) electrons. The van der Waals surface area contributed by atoms with E-state index < -0.39 is 0 Å². The predicted octanol–water partition coefficient (Wildman–Crippen LogP) is 2.77. The summed E-state index contributed by atoms with van der Waals surface area (Å²) < 4.78 is 0. The maximum Gasteiger partial charge on any atom is 0.0413 e. The van der Waals surface area contributed by atoms with Crippen LogP contribution in [0.1, 0.15) is 32.8 Å². The molecule has 0 saturated carbocycles. The SMILES string of the molecule is CCC(C)(C)N(C)c1ccccc1CN. The number of hydrogen-bond donors (Lipinski definition) is 1. The Kier molecular flexibility index (Phi) is 3.75. The molecule has 0 bridgehead atoms. The fourth-order valence-corrected chi connectivity index (χ4v) is 1.57. The molecule has 1 aromatic rings. The number of hydrogen-bond acceptors (Lipinski definition) is 2. The third kappa shape index (κ3) is 2.51. The molecule has 2 N–H and O–H groups in total. The van der Waals surface area contributed by atoms with Crippen molar-refractivity contribution in [3.05, 3.63) is 29.8 Å². The van der Waals surface area contributed by atoms with Crippen molar-refractivity contribution >= 4 is 5.69 Å². The van der Waals surface area contributed by atoms with Gasteiger partial charge >= 0.3 is 0 Å². The summed E-state index contributed by atoms with van der Waals surface area (Å²) in [7, 11) is 2.14. The molecule has 0 aliphatic rings. The maximum atomic E-state index is 5.75. The number of benzene rings is 1. The van der Waals surface area contributed by atoms with E-state index in [1.807, 2.05) is 6.07 Å². The van der Waals surface area contributed by atoms with Crippen LogP contribution in [0.3, 0.4) is 0 Å². The van der Waals surface area contributed by atoms with Gasteiger partial charge in [0.15, 0.2) is 0 Å². The van der Waals surface area contributed by atoms with Gasteiger partial charge in [0.1, 0.15) is 0 Å². The maximum absolute atomic E-state index is 5.75. The zero-order chi connectivity index (χ0) is 11.5. The molecule has 2 heteroatoms. The van der Waals surface area contributed by atoms with Crippen LogP contribution in [0.2, 0.25) is 0 Å². The molecule has 0 aromatic heterocycles. The molecule has 0 fully saturated rings. The summed E-state index contributed by atoms with van der Waals surface area (Å²) in [6.45, 7) is 7.31. The molecule has 0 saturated heterocycles. The van der Waals surface area contributed by atoms with Crippen molar-refractivity contribution < 1.29 is 0 Å². The summed E-state index contributed by atoms with van der Waals surface area (Å²) >= 11 is 0. The fraction of sp³-hybridized carbons (Fsp3) is 0.538. The van der Waals surface area contributed by atoms with Crippen LogP contribution >= 0.6 is 0 Å². The van der Waals surface area contributed by atoms with Gasteiger partial charge in [-0.05, 0) is 31.9 Å². The van der Waals surface area contributed by atoms with E-state index in [0.717, 1.165) is 6.42 Å². The van der Waals surface area contributed by atoms with Crippen molar-refractivity contribution in [3.63, 3.8) is 0 Å². The van der Waals surface area contributed by atoms with Gasteiger partial charge in [0.2, 0.25) is 0 Å². The van der Waals surface area contributed by atoms with Gasteiger partial charge in [-0.15, -0.1) is 0 Å². The number of nitrogens with two attached hydrogens (primary N) is 1. The largest absolute Gasteiger partial charge is 0.369 e. The molecule has 0 heterocycles. The minimum Gasteiger partial charge on any atom is -0.369 e. The van der Waals surface area contributed by atoms with E-state index in [9.17, 15) is 0 Å². The minimum absolute atomic E-state index is 0.172. The van der Waals surface area contributed by atoms with Crippen molar-refractivity contribution in [2.75, 3.05) is 11.9 Å². The van der Waals surface area contributed by atoms with Crippen molar-refractivity contribution in [1.82, 2.24) is 0 Å². The molecule has 84 valence electrons. The lowest BCUT2D eigenvalue weighted by molar-refractivity contribution is 0.470. The summed E-state index contributed by atoms with van der Waals surface area (Å²) in [6, 6.07) is 8.34. The van der Waals surface area contributed by atoms with E-state index in [4.69, 9.17) is 5.73 Å². The molecule has 2 nitrogen and oxygen atoms in total. The number of nitrogens with zero attached hydrogens (tertiary/aromatic N) is 1. The van der Waals surface area contributed by atoms with E-state index in [1.54, 1.807) is 0 Å². The third-order valence-corrected chi connectivity index (χ3v) is 3.35. The first-order valence-electron chi connectivity index (χ1n) is 5.54. The number of anilines is 1. The standard InChI is InChI=1S/C13H22N2/c1-5-13(2,3)15(4)12-9-7-6-8-11(12)10-14/h6-9H,5,10,14H2,1-4H3. The summed E-state index contributed by atoms with van der Waals surface area (Å²) in [5.41, 5.74) is 8.37. The number of rotatable bonds is 4. The zero-order valence-electron chi connectivity index (χ0n) is 10.2. The van der Waals surface area contributed by atoms with Gasteiger partial charge < -0.3 is 10.6 Å². The number of para-hydroxylation sites is 1. The van der Waals surface area contributed by atoms with Crippen molar-refractivity contribution in [3.8, 4) is 0 Å². The average molecular weight is 206 g/mol. The van der Waals surface area contributed by atoms with Gasteiger partial charge in [0, 0.05) is 24.8 Å². The molecular weight excluding hydrogens is 184 g/mol. The van der Waals surface area contributed by atoms with Crippen molar-refractivity contribution in [1.29, 1.82) is 0 Å². The molecule has 0 unspecified atom stereocenters. The second-order valence-corrected chi connectivity index (χ2v) is 4.56. The van der Waals surface area contributed by atoms with Gasteiger partial charge in [0.25, 0.3) is 0 Å². The first kappa shape index (κ1) is 12.1. The van der Waals surface area contributed by atoms with Gasteiger partial charge in [0.05, 0.1) is 0 Å². The lowest BCUT2D eigenvalue weighted by atomic mass is 9.98. The lowest BCUT2D eigenvalue weighted by Crippen LogP contribution is -2.41. The monoisotopic (exact) mass is 206 g/mol. The van der Waals surface area contributed by atoms with E-state index in [1.165, 1.54) is 11.3 Å². The molecule has 1 rings (SSSR count). The summed E-state index contributed by atoms with van der Waals surface area (Å²) in [5.74, 6) is 0. The Bertz CT molecular complexity index is 318. The van der Waals surface area contributed by atoms with Gasteiger partial charge in [-0.1, -0.05) is 25.1 Å². The van der Waals surface area contributed by atoms with Crippen LogP contribution in [0, 0.1) is 0 Å². The molecule has 15 heavy (non-hydrogen) atoms. The van der Waals surface area contributed by atoms with Gasteiger partial charge in [-0.25, -0.2) is 0 Å². The second kappa shape index (κ2) is 4.67. The van der Waals surface area contributed by atoms with Crippen LogP contribution in [0.15, 0.2) is 24.3 Å². The highest BCUT2D eigenvalue weighted by atomic mass is 15.2. The topological polar surface area (TPSA) is 29.3 Å². The normalized spacial score (nSPS) is 11.5. The van der Waals surface area contributed by atoms with Crippen LogP contribution < -0.4 is 10.6 Å². The Hall–Kier alpha value is -1.02. The first-order chi connectivity index (χ1) is 7.03. The molecule has 0 spiro atoms. The summed E-state index contributed by atoms with van der Waals surface area (Å²) in [4.78, 5) is 2.31. The highest BCUT2D eigenvalue weighted by Crippen LogP contribution is 2.27. The second-order valence-electron chi connectivity index (χ2n) is 4.56. The molecule has 0 aliphatic carbocycles. The van der Waals surface area contributed by atoms with Crippen LogP contribution in [0.25, 0.3) is 0 Å². The Balaban J connectivity index is 3.05. The third-order valence-electron chi connectivity index (χ3n) is 3.35. The fourth-order valence-electron chi connectivity index (χ4n) is 1.57. The van der Waals surface area contributed by atoms with E-state index in [-0.39, 0.29) is 5.54 Å². The molecule has 0 aliphatic heterocycles. The molecule has 1 aromatic carbocycles. The van der Waals surface area contributed by atoms with Crippen LogP contribution in [-0.4, -0.2) is 12.6 Å². The Morgan fingerprint density at radius 3 is 2.40 bits per heavy atom. The van der Waals surface area contributed by atoms with E-state index in [2.05, 4.69) is 50.9 Å². The quantitative estimate of drug-likeness (QED) is 0.820. The Labute approximate surface area is 93.1 Å². The van der Waals surface area contributed by atoms with E-state index >= 15 is 0 Å². The van der Waals surface area contributed by atoms with E-state index in [0.29, 0.717) is 6.54 Å². The average Bonchev–Trinajstić information content (AvgIpc) is 2.28. The predicted molar refractivity (Wildman–Crippen MR) is 67.1 cm³/mol. The highest BCUT2D eigenvalue weighted by Gasteiger charge is 2.22. The summed E-state index contributed by atoms with van der Waals surface area (Å²) in [6.07, 6.45) is 1.11. The zero-order valence-corrected chi connectivity index (χ0v) is 10.2. The van der Waals surface area contributed by atoms with Crippen molar-refractivity contribution in [2.45, 2.75) is 39.3 Å². The lowest BCUT2D eigenvalue weighted by Gasteiger charge is -2.38. The molecule has 0 amide bonds. The Morgan fingerprint density at radius 2 is 1.87 bits per heavy atom. The van der Waals surface area contributed by atoms with Gasteiger partial charge in [-0.3, -0.25) is 0 Å². The Morgan fingerprint density at radius 1 is 1.27 bits per heavy atom.